The highest BCUT2D eigenvalue weighted by Gasteiger charge is 2.17. The number of carbonyl (C=O) groups excluding carboxylic acids is 1. The number of fused-ring (bicyclic) bond motifs is 1. The number of nitrogens with two attached hydrogens (primary N) is 1. The zero-order valence-electron chi connectivity index (χ0n) is 11.8. The van der Waals surface area contributed by atoms with Gasteiger partial charge in [0, 0.05) is 38.9 Å². The summed E-state index contributed by atoms with van der Waals surface area (Å²) < 4.78 is 0. The Balaban J connectivity index is 2.15. The molecule has 0 spiro atoms. The van der Waals surface area contributed by atoms with Gasteiger partial charge in [-0.1, -0.05) is 23.7 Å². The predicted octanol–water partition coefficient (Wildman–Crippen LogP) is 4.25. The lowest BCUT2D eigenvalue weighted by Crippen LogP contribution is -2.05. The molecule has 0 fully saturated rings. The van der Waals surface area contributed by atoms with E-state index in [1.54, 1.807) is 18.3 Å². The van der Waals surface area contributed by atoms with Gasteiger partial charge in [-0.2, -0.15) is 0 Å². The first-order valence-corrected chi connectivity index (χ1v) is 7.03. The fourth-order valence-corrected chi connectivity index (χ4v) is 2.72. The second-order valence-corrected chi connectivity index (χ2v) is 5.68. The molecule has 0 atom stereocenters. The molecule has 1 heterocycles. The Bertz CT molecular complexity index is 865. The van der Waals surface area contributed by atoms with Crippen LogP contribution in [0.3, 0.4) is 0 Å². The summed E-state index contributed by atoms with van der Waals surface area (Å²) in [5, 5.41) is 1.50. The average molecular weight is 299 g/mol. The summed E-state index contributed by atoms with van der Waals surface area (Å²) in [7, 11) is 0. The van der Waals surface area contributed by atoms with Crippen molar-refractivity contribution in [3.63, 3.8) is 0 Å². The first kappa shape index (κ1) is 13.7. The molecule has 0 amide bonds. The Morgan fingerprint density at radius 3 is 2.62 bits per heavy atom. The second kappa shape index (κ2) is 4.93. The summed E-state index contributed by atoms with van der Waals surface area (Å²) in [5.74, 6) is -0.0345. The van der Waals surface area contributed by atoms with Crippen LogP contribution in [0.4, 0.5) is 5.69 Å². The summed E-state index contributed by atoms with van der Waals surface area (Å²) in [6.07, 6.45) is 1.72. The number of aryl methyl sites for hydroxylation is 2. The fraction of sp³-hybridized carbons (Fsp3) is 0.118. The van der Waals surface area contributed by atoms with Crippen LogP contribution >= 0.6 is 11.6 Å². The van der Waals surface area contributed by atoms with Crippen molar-refractivity contribution in [2.45, 2.75) is 13.8 Å². The lowest BCUT2D eigenvalue weighted by molar-refractivity contribution is 0.104. The largest absolute Gasteiger partial charge is 0.398 e. The second-order valence-electron chi connectivity index (χ2n) is 5.25. The third-order valence-corrected chi connectivity index (χ3v) is 3.98. The van der Waals surface area contributed by atoms with Gasteiger partial charge in [0.15, 0.2) is 5.78 Å². The van der Waals surface area contributed by atoms with Crippen LogP contribution in [-0.2, 0) is 0 Å². The van der Waals surface area contributed by atoms with Gasteiger partial charge in [0.25, 0.3) is 0 Å². The van der Waals surface area contributed by atoms with E-state index < -0.39 is 0 Å². The van der Waals surface area contributed by atoms with Gasteiger partial charge in [-0.05, 0) is 43.2 Å². The first-order chi connectivity index (χ1) is 9.97. The number of aromatic nitrogens is 1. The molecule has 4 heteroatoms. The molecule has 3 rings (SSSR count). The van der Waals surface area contributed by atoms with E-state index in [1.807, 2.05) is 32.0 Å². The Morgan fingerprint density at radius 2 is 1.86 bits per heavy atom. The smallest absolute Gasteiger partial charge is 0.195 e. The molecule has 2 aromatic carbocycles. The molecule has 0 saturated heterocycles. The molecule has 0 aliphatic carbocycles. The van der Waals surface area contributed by atoms with Crippen LogP contribution in [0.15, 0.2) is 36.5 Å². The van der Waals surface area contributed by atoms with E-state index in [0.717, 1.165) is 22.0 Å². The average Bonchev–Trinajstić information content (AvgIpc) is 2.85. The van der Waals surface area contributed by atoms with Crippen LogP contribution in [0.2, 0.25) is 5.02 Å². The molecule has 106 valence electrons. The summed E-state index contributed by atoms with van der Waals surface area (Å²) in [6, 6.07) is 9.14. The van der Waals surface area contributed by atoms with E-state index in [4.69, 9.17) is 17.3 Å². The van der Waals surface area contributed by atoms with E-state index in [-0.39, 0.29) is 5.78 Å². The van der Waals surface area contributed by atoms with Crippen LogP contribution < -0.4 is 5.73 Å². The van der Waals surface area contributed by atoms with E-state index in [9.17, 15) is 4.79 Å². The van der Waals surface area contributed by atoms with Gasteiger partial charge in [-0.25, -0.2) is 0 Å². The van der Waals surface area contributed by atoms with E-state index >= 15 is 0 Å². The maximum absolute atomic E-state index is 12.8. The molecule has 3 aromatic rings. The van der Waals surface area contributed by atoms with Gasteiger partial charge in [0.1, 0.15) is 0 Å². The fourth-order valence-electron chi connectivity index (χ4n) is 2.55. The molecule has 1 aromatic heterocycles. The quantitative estimate of drug-likeness (QED) is 0.549. The van der Waals surface area contributed by atoms with Crippen molar-refractivity contribution in [3.05, 3.63) is 63.8 Å². The van der Waals surface area contributed by atoms with Gasteiger partial charge >= 0.3 is 0 Å². The van der Waals surface area contributed by atoms with Crippen LogP contribution in [0.5, 0.6) is 0 Å². The minimum atomic E-state index is -0.0345. The Kier molecular flexibility index (Phi) is 3.22. The molecule has 0 bridgehead atoms. The topological polar surface area (TPSA) is 58.9 Å². The maximum atomic E-state index is 12.8. The molecule has 0 radical (unpaired) electrons. The SMILES string of the molecule is Cc1cc(C)c(C(=O)c2c[nH]c3cc(Cl)ccc23)cc1N. The van der Waals surface area contributed by atoms with Gasteiger partial charge < -0.3 is 10.7 Å². The van der Waals surface area contributed by atoms with Crippen LogP contribution in [0.25, 0.3) is 10.9 Å². The van der Waals surface area contributed by atoms with Crippen molar-refractivity contribution in [1.82, 2.24) is 4.98 Å². The number of nitrogens with one attached hydrogen (secondary N) is 1. The van der Waals surface area contributed by atoms with E-state index in [1.165, 1.54) is 0 Å². The zero-order valence-corrected chi connectivity index (χ0v) is 12.6. The van der Waals surface area contributed by atoms with E-state index in [2.05, 4.69) is 4.98 Å². The first-order valence-electron chi connectivity index (χ1n) is 6.65. The third-order valence-electron chi connectivity index (χ3n) is 3.75. The number of anilines is 1. The maximum Gasteiger partial charge on any atom is 0.195 e. The van der Waals surface area contributed by atoms with Crippen LogP contribution in [0, 0.1) is 13.8 Å². The summed E-state index contributed by atoms with van der Waals surface area (Å²) in [6.45, 7) is 3.86. The number of rotatable bonds is 2. The van der Waals surface area contributed by atoms with Crippen molar-refractivity contribution in [2.24, 2.45) is 0 Å². The summed E-state index contributed by atoms with van der Waals surface area (Å²) in [5.41, 5.74) is 10.6. The van der Waals surface area contributed by atoms with Crippen LogP contribution in [-0.4, -0.2) is 10.8 Å². The minimum absolute atomic E-state index is 0.0345. The predicted molar refractivity (Wildman–Crippen MR) is 87.1 cm³/mol. The standard InChI is InChI=1S/C17H15ClN2O/c1-9-5-10(2)15(19)7-13(9)17(21)14-8-20-16-6-11(18)3-4-12(14)16/h3-8,20H,19H2,1-2H3. The normalized spacial score (nSPS) is 11.0. The molecule has 0 unspecified atom stereocenters. The van der Waals surface area contributed by atoms with Crippen molar-refractivity contribution in [2.75, 3.05) is 5.73 Å². The van der Waals surface area contributed by atoms with Crippen molar-refractivity contribution < 1.29 is 4.79 Å². The number of aromatic amines is 1. The molecule has 3 nitrogen and oxygen atoms in total. The molecule has 3 N–H and O–H groups in total. The molecule has 21 heavy (non-hydrogen) atoms. The van der Waals surface area contributed by atoms with Crippen LogP contribution in [0.1, 0.15) is 27.0 Å². The molecular formula is C17H15ClN2O. The number of carbonyl (C=O) groups is 1. The minimum Gasteiger partial charge on any atom is -0.398 e. The highest BCUT2D eigenvalue weighted by atomic mass is 35.5. The molecular weight excluding hydrogens is 284 g/mol. The monoisotopic (exact) mass is 298 g/mol. The highest BCUT2D eigenvalue weighted by Crippen LogP contribution is 2.26. The Labute approximate surface area is 127 Å². The van der Waals surface area contributed by atoms with Gasteiger partial charge in [-0.15, -0.1) is 0 Å². The number of benzene rings is 2. The van der Waals surface area contributed by atoms with E-state index in [0.29, 0.717) is 21.8 Å². The zero-order chi connectivity index (χ0) is 15.1. The summed E-state index contributed by atoms with van der Waals surface area (Å²) in [4.78, 5) is 15.9. The molecule has 0 aliphatic heterocycles. The molecule has 0 saturated carbocycles. The lowest BCUT2D eigenvalue weighted by atomic mass is 9.96. The number of hydrogen-bond acceptors (Lipinski definition) is 2. The number of halogens is 1. The Morgan fingerprint density at radius 1 is 1.10 bits per heavy atom. The number of hydrogen-bond donors (Lipinski definition) is 2. The van der Waals surface area contributed by atoms with Gasteiger partial charge in [0.2, 0.25) is 0 Å². The highest BCUT2D eigenvalue weighted by molar-refractivity contribution is 6.31. The number of H-pyrrole nitrogens is 1. The lowest BCUT2D eigenvalue weighted by Gasteiger charge is -2.08. The van der Waals surface area contributed by atoms with Gasteiger partial charge in [-0.3, -0.25) is 4.79 Å². The van der Waals surface area contributed by atoms with Crippen molar-refractivity contribution in [3.8, 4) is 0 Å². The van der Waals surface area contributed by atoms with Crippen molar-refractivity contribution in [1.29, 1.82) is 0 Å². The summed E-state index contributed by atoms with van der Waals surface area (Å²) >= 11 is 5.97. The number of nitrogen functional groups attached to an aromatic ring is 1. The number of ketones is 1. The molecule has 0 aliphatic rings. The Hall–Kier alpha value is -2.26. The van der Waals surface area contributed by atoms with Gasteiger partial charge in [0.05, 0.1) is 0 Å². The van der Waals surface area contributed by atoms with Crippen molar-refractivity contribution >= 4 is 34.0 Å². The third kappa shape index (κ3) is 2.30.